The van der Waals surface area contributed by atoms with Crippen LogP contribution in [0.25, 0.3) is 10.8 Å². The Morgan fingerprint density at radius 2 is 1.83 bits per heavy atom. The number of fused-ring (bicyclic) bond motifs is 1. The van der Waals surface area contributed by atoms with E-state index in [0.29, 0.717) is 29.7 Å². The zero-order valence-corrected chi connectivity index (χ0v) is 31.1. The first-order valence-corrected chi connectivity index (χ1v) is 18.9. The molecule has 0 unspecified atom stereocenters. The third-order valence-corrected chi connectivity index (χ3v) is 12.0. The summed E-state index contributed by atoms with van der Waals surface area (Å²) >= 11 is 0. The summed E-state index contributed by atoms with van der Waals surface area (Å²) in [5.74, 6) is -1.62. The Morgan fingerprint density at radius 3 is 2.42 bits per heavy atom. The maximum absolute atomic E-state index is 15.0. The number of sulfonamides is 1. The van der Waals surface area contributed by atoms with Crippen LogP contribution < -0.4 is 29.6 Å². The molecule has 15 heteroatoms. The van der Waals surface area contributed by atoms with Crippen molar-refractivity contribution in [1.29, 1.82) is 0 Å². The van der Waals surface area contributed by atoms with Gasteiger partial charge in [0, 0.05) is 36.0 Å². The van der Waals surface area contributed by atoms with Crippen LogP contribution in [0, 0.1) is 25.7 Å². The number of hydrogen-bond acceptors (Lipinski definition) is 12. The number of benzene rings is 1. The number of nitrogens with zero attached hydrogens (tertiary/aromatic N) is 4. The molecule has 0 spiro atoms. The SMILES string of the molecule is C=C[C@@H]1C[C@@]1(C(=O)NS(=O)(=O)C1CC1)N1C[C@H](Oc2nc(OC)cc3cc(OC)ccc23)C[C@H]1C(=O)N(C(=O)[C@@H](N)C(C)C)c1cc(C)cc(C)n1. The molecular weight excluding hydrogens is 689 g/mol. The molecule has 3 N–H and O–H groups in total. The molecular formula is C37H46N6O8S. The summed E-state index contributed by atoms with van der Waals surface area (Å²) in [6, 6.07) is 8.42. The Labute approximate surface area is 303 Å². The molecule has 14 nitrogen and oxygen atoms in total. The van der Waals surface area contributed by atoms with Crippen molar-refractivity contribution in [2.24, 2.45) is 17.6 Å². The molecule has 2 aliphatic carbocycles. The number of carbonyl (C=O) groups excluding carboxylic acids is 3. The predicted octanol–water partition coefficient (Wildman–Crippen LogP) is 3.18. The van der Waals surface area contributed by atoms with Crippen LogP contribution in [0.3, 0.4) is 0 Å². The van der Waals surface area contributed by atoms with Crippen LogP contribution in [-0.4, -0.2) is 90.7 Å². The number of pyridine rings is 2. The average Bonchev–Trinajstić information content (AvgIpc) is 4.03. The van der Waals surface area contributed by atoms with Gasteiger partial charge in [0.2, 0.25) is 21.8 Å². The maximum atomic E-state index is 15.0. The molecule has 0 bridgehead atoms. The van der Waals surface area contributed by atoms with Gasteiger partial charge in [-0.25, -0.2) is 18.3 Å². The number of methoxy groups -OCH3 is 2. The number of aryl methyl sites for hydroxylation is 2. The zero-order valence-electron chi connectivity index (χ0n) is 30.3. The van der Waals surface area contributed by atoms with Gasteiger partial charge in [-0.15, -0.1) is 6.58 Å². The van der Waals surface area contributed by atoms with Gasteiger partial charge in [-0.1, -0.05) is 19.9 Å². The van der Waals surface area contributed by atoms with Crippen molar-refractivity contribution in [3.05, 3.63) is 60.3 Å². The standard InChI is InChI=1S/C37H46N6O8S/c1-8-24-18-37(24,36(46)41-52(47,48)27-10-11-27)42-19-26(51-33-28-12-9-25(49-6)15-23(28)16-31(40-33)50-7)17-29(42)34(44)43(35(45)32(38)20(2)3)30-14-21(4)13-22(5)39-30/h8-9,12-16,20,24,26-27,29,32H,1,10-11,17-19,38H2,2-7H3,(H,41,46)/t24-,26-,29+,32+,37-/m1/s1. The summed E-state index contributed by atoms with van der Waals surface area (Å²) in [4.78, 5) is 55.1. The van der Waals surface area contributed by atoms with E-state index in [2.05, 4.69) is 21.3 Å². The van der Waals surface area contributed by atoms with E-state index in [-0.39, 0.29) is 42.9 Å². The van der Waals surface area contributed by atoms with Crippen LogP contribution in [0.1, 0.15) is 50.8 Å². The molecule has 3 aliphatic rings. The molecule has 3 fully saturated rings. The molecule has 3 heterocycles. The van der Waals surface area contributed by atoms with Crippen LogP contribution in [0.2, 0.25) is 0 Å². The van der Waals surface area contributed by atoms with Crippen molar-refractivity contribution in [2.75, 3.05) is 25.7 Å². The number of anilines is 1. The van der Waals surface area contributed by atoms with Crippen molar-refractivity contribution in [3.63, 3.8) is 0 Å². The zero-order chi connectivity index (χ0) is 37.7. The Bertz CT molecular complexity index is 2010. The monoisotopic (exact) mass is 734 g/mol. The van der Waals surface area contributed by atoms with Crippen LogP contribution in [0.4, 0.5) is 5.82 Å². The highest BCUT2D eigenvalue weighted by atomic mass is 32.2. The first kappa shape index (κ1) is 37.2. The van der Waals surface area contributed by atoms with E-state index in [9.17, 15) is 18.0 Å². The number of nitrogens with one attached hydrogen (secondary N) is 1. The van der Waals surface area contributed by atoms with E-state index in [1.165, 1.54) is 7.11 Å². The second-order valence-corrected chi connectivity index (χ2v) is 16.2. The molecule has 3 amide bonds. The summed E-state index contributed by atoms with van der Waals surface area (Å²) in [7, 11) is -0.885. The lowest BCUT2D eigenvalue weighted by molar-refractivity contribution is -0.133. The molecule has 278 valence electrons. The van der Waals surface area contributed by atoms with E-state index in [1.54, 1.807) is 63.1 Å². The molecule has 3 aromatic rings. The number of imide groups is 1. The lowest BCUT2D eigenvalue weighted by atomic mass is 10.0. The second-order valence-electron chi connectivity index (χ2n) is 14.3. The average molecular weight is 735 g/mol. The van der Waals surface area contributed by atoms with Gasteiger partial charge in [-0.2, -0.15) is 4.98 Å². The number of aromatic nitrogens is 2. The third-order valence-electron chi connectivity index (χ3n) is 10.1. The highest BCUT2D eigenvalue weighted by molar-refractivity contribution is 7.91. The predicted molar refractivity (Wildman–Crippen MR) is 195 cm³/mol. The Kier molecular flexibility index (Phi) is 10.1. The topological polar surface area (TPSA) is 183 Å². The fraction of sp³-hybridized carbons (Fsp3) is 0.486. The highest BCUT2D eigenvalue weighted by Gasteiger charge is 2.67. The van der Waals surface area contributed by atoms with Gasteiger partial charge in [0.1, 0.15) is 23.2 Å². The quantitative estimate of drug-likeness (QED) is 0.245. The van der Waals surface area contributed by atoms with Crippen molar-refractivity contribution in [3.8, 4) is 17.5 Å². The van der Waals surface area contributed by atoms with E-state index in [1.807, 2.05) is 19.1 Å². The molecule has 52 heavy (non-hydrogen) atoms. The lowest BCUT2D eigenvalue weighted by Gasteiger charge is -2.35. The molecule has 1 aliphatic heterocycles. The van der Waals surface area contributed by atoms with Crippen LogP contribution >= 0.6 is 0 Å². The largest absolute Gasteiger partial charge is 0.497 e. The summed E-state index contributed by atoms with van der Waals surface area (Å²) < 4.78 is 45.8. The van der Waals surface area contributed by atoms with Gasteiger partial charge in [0.15, 0.2) is 0 Å². The summed E-state index contributed by atoms with van der Waals surface area (Å²) in [5.41, 5.74) is 6.30. The molecule has 1 aromatic carbocycles. The van der Waals surface area contributed by atoms with E-state index in [0.717, 1.165) is 15.8 Å². The number of rotatable bonds is 13. The minimum atomic E-state index is -3.93. The first-order chi connectivity index (χ1) is 24.6. The Hall–Kier alpha value is -4.60. The third kappa shape index (κ3) is 6.96. The highest BCUT2D eigenvalue weighted by Crippen LogP contribution is 2.53. The molecule has 6 rings (SSSR count). The summed E-state index contributed by atoms with van der Waals surface area (Å²) in [6.45, 7) is 11.1. The normalized spacial score (nSPS) is 23.6. The summed E-state index contributed by atoms with van der Waals surface area (Å²) in [5, 5.41) is 0.744. The van der Waals surface area contributed by atoms with Gasteiger partial charge < -0.3 is 19.9 Å². The Morgan fingerprint density at radius 1 is 1.10 bits per heavy atom. The molecule has 2 aromatic heterocycles. The van der Waals surface area contributed by atoms with Crippen molar-refractivity contribution < 1.29 is 37.0 Å². The van der Waals surface area contributed by atoms with Crippen LogP contribution in [-0.2, 0) is 24.4 Å². The van der Waals surface area contributed by atoms with Gasteiger partial charge in [0.05, 0.1) is 31.6 Å². The number of amides is 3. The van der Waals surface area contributed by atoms with Crippen LogP contribution in [0.5, 0.6) is 17.5 Å². The molecule has 2 saturated carbocycles. The fourth-order valence-corrected chi connectivity index (χ4v) is 8.38. The number of likely N-dealkylation sites (tertiary alicyclic amines) is 1. The van der Waals surface area contributed by atoms with E-state index in [4.69, 9.17) is 19.9 Å². The fourth-order valence-electron chi connectivity index (χ4n) is 7.03. The first-order valence-electron chi connectivity index (χ1n) is 17.4. The van der Waals surface area contributed by atoms with Crippen molar-refractivity contribution in [2.45, 2.75) is 82.4 Å². The minimum Gasteiger partial charge on any atom is -0.497 e. The van der Waals surface area contributed by atoms with E-state index >= 15 is 4.79 Å². The lowest BCUT2D eigenvalue weighted by Crippen LogP contribution is -2.60. The number of nitrogens with two attached hydrogens (primary N) is 1. The number of hydrogen-bond donors (Lipinski definition) is 2. The maximum Gasteiger partial charge on any atom is 0.254 e. The Balaban J connectivity index is 1.44. The van der Waals surface area contributed by atoms with Gasteiger partial charge in [0.25, 0.3) is 17.7 Å². The van der Waals surface area contributed by atoms with Gasteiger partial charge >= 0.3 is 0 Å². The van der Waals surface area contributed by atoms with Crippen molar-refractivity contribution >= 4 is 44.3 Å². The van der Waals surface area contributed by atoms with Crippen molar-refractivity contribution in [1.82, 2.24) is 19.6 Å². The van der Waals surface area contributed by atoms with Gasteiger partial charge in [-0.05, 0) is 80.3 Å². The van der Waals surface area contributed by atoms with E-state index < -0.39 is 62.6 Å². The second kappa shape index (κ2) is 14.1. The summed E-state index contributed by atoms with van der Waals surface area (Å²) in [6.07, 6.45) is 2.01. The molecule has 5 atom stereocenters. The number of ether oxygens (including phenoxy) is 3. The molecule has 1 saturated heterocycles. The number of carbonyl (C=O) groups is 3. The smallest absolute Gasteiger partial charge is 0.254 e. The molecule has 0 radical (unpaired) electrons. The minimum absolute atomic E-state index is 0.0206. The van der Waals surface area contributed by atoms with Crippen LogP contribution in [0.15, 0.2) is 49.1 Å². The van der Waals surface area contributed by atoms with Gasteiger partial charge in [-0.3, -0.25) is 24.0 Å².